The number of rotatable bonds is 8. The second kappa shape index (κ2) is 11.8. The van der Waals surface area contributed by atoms with Crippen molar-refractivity contribution < 1.29 is 9.53 Å². The molecule has 7 heteroatoms. The van der Waals surface area contributed by atoms with Gasteiger partial charge in [0.05, 0.1) is 17.6 Å². The summed E-state index contributed by atoms with van der Waals surface area (Å²) in [6.07, 6.45) is 1.65. The lowest BCUT2D eigenvalue weighted by Crippen LogP contribution is -2.24. The van der Waals surface area contributed by atoms with Crippen molar-refractivity contribution in [1.29, 1.82) is 0 Å². The van der Waals surface area contributed by atoms with E-state index in [4.69, 9.17) is 27.9 Å². The zero-order valence-corrected chi connectivity index (χ0v) is 21.7. The molecule has 0 saturated carbocycles. The van der Waals surface area contributed by atoms with Crippen molar-refractivity contribution in [2.75, 3.05) is 6.61 Å². The maximum Gasteiger partial charge on any atom is 0.277 e. The molecule has 0 radical (unpaired) electrons. The topological polar surface area (TPSA) is 55.6 Å². The molecule has 0 unspecified atom stereocenters. The third-order valence-corrected chi connectivity index (χ3v) is 6.31. The quantitative estimate of drug-likeness (QED) is 0.162. The van der Waals surface area contributed by atoms with Crippen LogP contribution >= 0.6 is 23.2 Å². The minimum atomic E-state index is -0.377. The number of amides is 1. The van der Waals surface area contributed by atoms with E-state index < -0.39 is 0 Å². The van der Waals surface area contributed by atoms with Gasteiger partial charge in [-0.3, -0.25) is 4.79 Å². The molecule has 188 valence electrons. The summed E-state index contributed by atoms with van der Waals surface area (Å²) in [5.74, 6) is 0.172. The molecule has 0 bridgehead atoms. The molecule has 0 aliphatic heterocycles. The Labute approximate surface area is 230 Å². The Morgan fingerprint density at radius 3 is 2.00 bits per heavy atom. The molecule has 1 aromatic heterocycles. The molecule has 38 heavy (non-hydrogen) atoms. The van der Waals surface area contributed by atoms with E-state index >= 15 is 0 Å². The van der Waals surface area contributed by atoms with Gasteiger partial charge in [-0.15, -0.1) is 0 Å². The third-order valence-electron chi connectivity index (χ3n) is 5.81. The van der Waals surface area contributed by atoms with Crippen LogP contribution in [0.1, 0.15) is 5.56 Å². The molecule has 1 N–H and O–H groups in total. The molecular weight excluding hydrogens is 517 g/mol. The van der Waals surface area contributed by atoms with Crippen LogP contribution in [0.15, 0.2) is 120 Å². The Kier molecular flexibility index (Phi) is 7.88. The predicted octanol–water partition coefficient (Wildman–Crippen LogP) is 7.65. The Bertz CT molecular complexity index is 1550. The minimum absolute atomic E-state index is 0.175. The van der Waals surface area contributed by atoms with Crippen molar-refractivity contribution in [2.45, 2.75) is 0 Å². The van der Waals surface area contributed by atoms with E-state index in [0.717, 1.165) is 33.8 Å². The standard InChI is InChI=1S/C31H23Cl2N3O2/c32-25-11-15-27(16-12-25)36-29(22-7-3-1-4-8-22)19-24(31(36)23-9-5-2-6-10-23)20-34-35-30(37)21-38-28-17-13-26(33)14-18-28/h1-20H,21H2,(H,35,37)/b34-20+. The molecule has 0 fully saturated rings. The molecule has 1 heterocycles. The van der Waals surface area contributed by atoms with Gasteiger partial charge in [-0.25, -0.2) is 5.43 Å². The molecule has 5 aromatic rings. The summed E-state index contributed by atoms with van der Waals surface area (Å²) in [5, 5.41) is 5.51. The van der Waals surface area contributed by atoms with Crippen molar-refractivity contribution >= 4 is 35.3 Å². The lowest BCUT2D eigenvalue weighted by molar-refractivity contribution is -0.123. The zero-order valence-electron chi connectivity index (χ0n) is 20.2. The van der Waals surface area contributed by atoms with Crippen molar-refractivity contribution in [3.8, 4) is 34.0 Å². The maximum absolute atomic E-state index is 12.4. The number of benzene rings is 4. The van der Waals surface area contributed by atoms with Crippen molar-refractivity contribution in [2.24, 2.45) is 5.10 Å². The number of nitrogens with zero attached hydrogens (tertiary/aromatic N) is 2. The summed E-state index contributed by atoms with van der Waals surface area (Å²) in [5.41, 5.74) is 8.30. The van der Waals surface area contributed by atoms with Gasteiger partial charge >= 0.3 is 0 Å². The second-order valence-electron chi connectivity index (χ2n) is 8.41. The van der Waals surface area contributed by atoms with Crippen LogP contribution in [0.3, 0.4) is 0 Å². The van der Waals surface area contributed by atoms with Crippen LogP contribution in [0.2, 0.25) is 10.0 Å². The molecule has 4 aromatic carbocycles. The fourth-order valence-corrected chi connectivity index (χ4v) is 4.34. The van der Waals surface area contributed by atoms with Crippen LogP contribution in [-0.2, 0) is 4.79 Å². The van der Waals surface area contributed by atoms with Gasteiger partial charge in [-0.2, -0.15) is 5.10 Å². The summed E-state index contributed by atoms with van der Waals surface area (Å²) < 4.78 is 7.68. The lowest BCUT2D eigenvalue weighted by atomic mass is 10.1. The summed E-state index contributed by atoms with van der Waals surface area (Å²) in [6.45, 7) is -0.175. The van der Waals surface area contributed by atoms with Crippen LogP contribution in [0.4, 0.5) is 0 Å². The number of hydrogen-bond donors (Lipinski definition) is 1. The first-order chi connectivity index (χ1) is 18.6. The van der Waals surface area contributed by atoms with E-state index in [9.17, 15) is 4.79 Å². The average Bonchev–Trinajstić information content (AvgIpc) is 3.33. The summed E-state index contributed by atoms with van der Waals surface area (Å²) >= 11 is 12.1. The molecule has 0 aliphatic rings. The van der Waals surface area contributed by atoms with Crippen molar-refractivity contribution in [3.63, 3.8) is 0 Å². The number of hydrazone groups is 1. The van der Waals surface area contributed by atoms with Gasteiger partial charge in [0, 0.05) is 21.3 Å². The van der Waals surface area contributed by atoms with Crippen molar-refractivity contribution in [1.82, 2.24) is 9.99 Å². The highest BCUT2D eigenvalue weighted by atomic mass is 35.5. The zero-order chi connectivity index (χ0) is 26.3. The Morgan fingerprint density at radius 1 is 0.789 bits per heavy atom. The fourth-order valence-electron chi connectivity index (χ4n) is 4.09. The molecule has 5 rings (SSSR count). The number of aromatic nitrogens is 1. The summed E-state index contributed by atoms with van der Waals surface area (Å²) in [7, 11) is 0. The van der Waals surface area contributed by atoms with Crippen LogP contribution < -0.4 is 10.2 Å². The van der Waals surface area contributed by atoms with E-state index in [2.05, 4.69) is 33.3 Å². The minimum Gasteiger partial charge on any atom is -0.484 e. The predicted molar refractivity (Wildman–Crippen MR) is 154 cm³/mol. The van der Waals surface area contributed by atoms with Crippen LogP contribution in [0.25, 0.3) is 28.2 Å². The first kappa shape index (κ1) is 25.3. The van der Waals surface area contributed by atoms with Crippen molar-refractivity contribution in [3.05, 3.63) is 131 Å². The van der Waals surface area contributed by atoms with Crippen LogP contribution in [0.5, 0.6) is 5.75 Å². The monoisotopic (exact) mass is 539 g/mol. The van der Waals surface area contributed by atoms with Gasteiger partial charge in [-0.05, 0) is 65.7 Å². The number of halogens is 2. The smallest absolute Gasteiger partial charge is 0.277 e. The molecule has 0 atom stereocenters. The third kappa shape index (κ3) is 5.97. The van der Waals surface area contributed by atoms with Gasteiger partial charge in [0.2, 0.25) is 0 Å². The number of nitrogens with one attached hydrogen (secondary N) is 1. The highest BCUT2D eigenvalue weighted by Crippen LogP contribution is 2.35. The lowest BCUT2D eigenvalue weighted by Gasteiger charge is -2.15. The van der Waals surface area contributed by atoms with Gasteiger partial charge in [-0.1, -0.05) is 83.9 Å². The van der Waals surface area contributed by atoms with Gasteiger partial charge < -0.3 is 9.30 Å². The SMILES string of the molecule is O=C(COc1ccc(Cl)cc1)N/N=C/c1cc(-c2ccccc2)n(-c2ccc(Cl)cc2)c1-c1ccccc1. The molecule has 0 spiro atoms. The largest absolute Gasteiger partial charge is 0.484 e. The molecule has 0 aliphatic carbocycles. The Balaban J connectivity index is 1.49. The average molecular weight is 540 g/mol. The second-order valence-corrected chi connectivity index (χ2v) is 9.29. The highest BCUT2D eigenvalue weighted by Gasteiger charge is 2.18. The molecule has 5 nitrogen and oxygen atoms in total. The van der Waals surface area contributed by atoms with E-state index in [-0.39, 0.29) is 12.5 Å². The molecular formula is C31H23Cl2N3O2. The van der Waals surface area contributed by atoms with Gasteiger partial charge in [0.1, 0.15) is 5.75 Å². The van der Waals surface area contributed by atoms with E-state index in [1.807, 2.05) is 72.8 Å². The Hall–Kier alpha value is -4.32. The first-order valence-electron chi connectivity index (χ1n) is 11.9. The summed E-state index contributed by atoms with van der Waals surface area (Å²) in [6, 6.07) is 36.8. The number of hydrogen-bond acceptors (Lipinski definition) is 3. The molecule has 1 amide bonds. The summed E-state index contributed by atoms with van der Waals surface area (Å²) in [4.78, 5) is 12.4. The van der Waals surface area contributed by atoms with Crippen LogP contribution in [0, 0.1) is 0 Å². The Morgan fingerprint density at radius 2 is 1.37 bits per heavy atom. The van der Waals surface area contributed by atoms with Gasteiger partial charge in [0.25, 0.3) is 5.91 Å². The van der Waals surface area contributed by atoms with E-state index in [0.29, 0.717) is 15.8 Å². The number of carbonyl (C=O) groups excluding carboxylic acids is 1. The fraction of sp³-hybridized carbons (Fsp3) is 0.0323. The van der Waals surface area contributed by atoms with E-state index in [1.54, 1.807) is 30.5 Å². The normalized spacial score (nSPS) is 11.0. The number of ether oxygens (including phenoxy) is 1. The molecule has 0 saturated heterocycles. The first-order valence-corrected chi connectivity index (χ1v) is 12.7. The maximum atomic E-state index is 12.4. The van der Waals surface area contributed by atoms with E-state index in [1.165, 1.54) is 0 Å². The number of carbonyl (C=O) groups is 1. The van der Waals surface area contributed by atoms with Crippen LogP contribution in [-0.4, -0.2) is 23.3 Å². The highest BCUT2D eigenvalue weighted by molar-refractivity contribution is 6.30. The van der Waals surface area contributed by atoms with Gasteiger partial charge in [0.15, 0.2) is 6.61 Å².